The molecule has 0 spiro atoms. The van der Waals surface area contributed by atoms with E-state index in [1.54, 1.807) is 10.7 Å². The van der Waals surface area contributed by atoms with E-state index >= 15 is 0 Å². The number of nitrogens with one attached hydrogen (secondary N) is 3. The van der Waals surface area contributed by atoms with Crippen molar-refractivity contribution in [2.75, 3.05) is 23.7 Å². The monoisotopic (exact) mass is 453 g/mol. The molecule has 0 radical (unpaired) electrons. The van der Waals surface area contributed by atoms with Crippen LogP contribution in [0.4, 0.5) is 29.5 Å². The van der Waals surface area contributed by atoms with E-state index in [2.05, 4.69) is 31.0 Å². The summed E-state index contributed by atoms with van der Waals surface area (Å²) in [6, 6.07) is 6.14. The Morgan fingerprint density at radius 3 is 2.58 bits per heavy atom. The molecule has 2 amide bonds. The summed E-state index contributed by atoms with van der Waals surface area (Å²) in [6.45, 7) is 4.32. The normalized spacial score (nSPS) is 11.3. The van der Waals surface area contributed by atoms with E-state index in [-0.39, 0.29) is 12.2 Å². The fourth-order valence-corrected chi connectivity index (χ4v) is 3.01. The highest BCUT2D eigenvalue weighted by Crippen LogP contribution is 2.36. The number of hydrogen-bond donors (Lipinski definition) is 3. The molecule has 2 aromatic heterocycles. The Hall–Kier alpha value is -3.34. The van der Waals surface area contributed by atoms with Crippen molar-refractivity contribution in [3.63, 3.8) is 0 Å². The maximum atomic E-state index is 12.9. The number of carbonyl (C=O) groups is 1. The molecule has 8 nitrogen and oxygen atoms in total. The highest BCUT2D eigenvalue weighted by molar-refractivity contribution is 6.31. The van der Waals surface area contributed by atoms with E-state index in [4.69, 9.17) is 11.6 Å². The number of aryl methyl sites for hydroxylation is 2. The molecule has 0 saturated carbocycles. The fraction of sp³-hybridized carbons (Fsp3) is 0.263. The van der Waals surface area contributed by atoms with Crippen molar-refractivity contribution < 1.29 is 18.0 Å². The quantitative estimate of drug-likeness (QED) is 0.486. The van der Waals surface area contributed by atoms with Gasteiger partial charge < -0.3 is 16.0 Å². The molecule has 3 N–H and O–H groups in total. The second kappa shape index (κ2) is 9.21. The van der Waals surface area contributed by atoms with Gasteiger partial charge in [0.2, 0.25) is 0 Å². The molecule has 0 bridgehead atoms. The summed E-state index contributed by atoms with van der Waals surface area (Å²) < 4.78 is 40.4. The lowest BCUT2D eigenvalue weighted by Gasteiger charge is -2.12. The van der Waals surface area contributed by atoms with Crippen LogP contribution in [-0.2, 0) is 6.18 Å². The highest BCUT2D eigenvalue weighted by Gasteiger charge is 2.33. The van der Waals surface area contributed by atoms with Crippen LogP contribution in [0.15, 0.2) is 36.7 Å². The molecule has 12 heteroatoms. The van der Waals surface area contributed by atoms with Crippen molar-refractivity contribution >= 4 is 29.1 Å². The number of aromatic nitrogens is 4. The van der Waals surface area contributed by atoms with Gasteiger partial charge in [0.25, 0.3) is 0 Å². The number of alkyl halides is 3. The fourth-order valence-electron chi connectivity index (χ4n) is 2.78. The molecule has 0 aliphatic heterocycles. The van der Waals surface area contributed by atoms with E-state index in [0.717, 1.165) is 23.5 Å². The van der Waals surface area contributed by atoms with E-state index in [9.17, 15) is 18.0 Å². The van der Waals surface area contributed by atoms with E-state index in [0.29, 0.717) is 18.2 Å². The topological polar surface area (TPSA) is 96.8 Å². The zero-order valence-electron chi connectivity index (χ0n) is 16.6. The molecular formula is C19H19ClF3N7O. The number of rotatable bonds is 6. The van der Waals surface area contributed by atoms with Crippen molar-refractivity contribution in [3.8, 4) is 5.82 Å². The lowest BCUT2D eigenvalue weighted by molar-refractivity contribution is -0.137. The Labute approximate surface area is 180 Å². The molecule has 0 unspecified atom stereocenters. The molecule has 0 atom stereocenters. The SMILES string of the molecule is Cc1cc(C)n(-c2cc(NCCNC(=O)Nc3ccc(Cl)c(C(F)(F)F)c3)ncn2)n1. The number of urea groups is 1. The molecule has 164 valence electrons. The summed E-state index contributed by atoms with van der Waals surface area (Å²) in [5, 5.41) is 11.9. The third-order valence-corrected chi connectivity index (χ3v) is 4.46. The Morgan fingerprint density at radius 2 is 1.90 bits per heavy atom. The second-order valence-corrected chi connectivity index (χ2v) is 7.01. The number of halogens is 4. The van der Waals surface area contributed by atoms with Gasteiger partial charge in [-0.1, -0.05) is 11.6 Å². The van der Waals surface area contributed by atoms with E-state index < -0.39 is 22.8 Å². The standard InChI is InChI=1S/C19H19ClF3N7O/c1-11-7-12(2)30(29-11)17-9-16(26-10-27-17)24-5-6-25-18(31)28-13-3-4-15(20)14(8-13)19(21,22)23/h3-4,7-10H,5-6H2,1-2H3,(H,24,26,27)(H2,25,28,31). The largest absolute Gasteiger partial charge is 0.417 e. The third kappa shape index (κ3) is 5.85. The first-order valence-electron chi connectivity index (χ1n) is 9.14. The highest BCUT2D eigenvalue weighted by atomic mass is 35.5. The van der Waals surface area contributed by atoms with Crippen LogP contribution in [0.2, 0.25) is 5.02 Å². The van der Waals surface area contributed by atoms with Crippen molar-refractivity contribution in [1.29, 1.82) is 0 Å². The molecule has 0 aliphatic rings. The third-order valence-electron chi connectivity index (χ3n) is 4.13. The van der Waals surface area contributed by atoms with Gasteiger partial charge in [0.05, 0.1) is 16.3 Å². The van der Waals surface area contributed by atoms with Crippen LogP contribution in [0.3, 0.4) is 0 Å². The molecule has 0 aliphatic carbocycles. The number of hydrogen-bond acceptors (Lipinski definition) is 5. The summed E-state index contributed by atoms with van der Waals surface area (Å²) in [5.74, 6) is 1.13. The van der Waals surface area contributed by atoms with Gasteiger partial charge in [-0.15, -0.1) is 0 Å². The summed E-state index contributed by atoms with van der Waals surface area (Å²) in [7, 11) is 0. The average Bonchev–Trinajstić information content (AvgIpc) is 3.04. The van der Waals surface area contributed by atoms with Crippen LogP contribution < -0.4 is 16.0 Å². The summed E-state index contributed by atoms with van der Waals surface area (Å²) >= 11 is 5.57. The Bertz CT molecular complexity index is 1080. The maximum Gasteiger partial charge on any atom is 0.417 e. The molecule has 0 saturated heterocycles. The van der Waals surface area contributed by atoms with Crippen molar-refractivity contribution in [1.82, 2.24) is 25.1 Å². The van der Waals surface area contributed by atoms with Gasteiger partial charge in [-0.05, 0) is 38.1 Å². The van der Waals surface area contributed by atoms with Gasteiger partial charge in [0.15, 0.2) is 5.82 Å². The Balaban J connectivity index is 1.51. The Kier molecular flexibility index (Phi) is 6.64. The van der Waals surface area contributed by atoms with Crippen LogP contribution in [0, 0.1) is 13.8 Å². The maximum absolute atomic E-state index is 12.9. The average molecular weight is 454 g/mol. The van der Waals surface area contributed by atoms with Crippen molar-refractivity contribution in [2.45, 2.75) is 20.0 Å². The van der Waals surface area contributed by atoms with Crippen LogP contribution in [0.5, 0.6) is 0 Å². The lowest BCUT2D eigenvalue weighted by atomic mass is 10.2. The summed E-state index contributed by atoms with van der Waals surface area (Å²) in [4.78, 5) is 20.3. The second-order valence-electron chi connectivity index (χ2n) is 6.60. The van der Waals surface area contributed by atoms with Gasteiger partial charge in [-0.2, -0.15) is 18.3 Å². The van der Waals surface area contributed by atoms with Crippen molar-refractivity contribution in [3.05, 3.63) is 58.6 Å². The number of amides is 2. The van der Waals surface area contributed by atoms with Crippen molar-refractivity contribution in [2.24, 2.45) is 0 Å². The first-order valence-corrected chi connectivity index (χ1v) is 9.52. The predicted octanol–water partition coefficient (Wildman–Crippen LogP) is 4.18. The number of nitrogens with zero attached hydrogens (tertiary/aromatic N) is 4. The molecule has 1 aromatic carbocycles. The zero-order valence-corrected chi connectivity index (χ0v) is 17.3. The number of anilines is 2. The van der Waals surface area contributed by atoms with E-state index in [1.807, 2.05) is 19.9 Å². The lowest BCUT2D eigenvalue weighted by Crippen LogP contribution is -2.32. The first-order chi connectivity index (χ1) is 14.6. The molecule has 3 aromatic rings. The predicted molar refractivity (Wildman–Crippen MR) is 111 cm³/mol. The van der Waals surface area contributed by atoms with Crippen LogP contribution in [0.1, 0.15) is 17.0 Å². The minimum atomic E-state index is -4.61. The van der Waals surface area contributed by atoms with Gasteiger partial charge >= 0.3 is 12.2 Å². The molecular weight excluding hydrogens is 435 g/mol. The molecule has 0 fully saturated rings. The Morgan fingerprint density at radius 1 is 1.13 bits per heavy atom. The van der Waals surface area contributed by atoms with Crippen LogP contribution >= 0.6 is 11.6 Å². The summed E-state index contributed by atoms with van der Waals surface area (Å²) in [5.41, 5.74) is 0.753. The molecule has 31 heavy (non-hydrogen) atoms. The minimum Gasteiger partial charge on any atom is -0.368 e. The molecule has 2 heterocycles. The minimum absolute atomic E-state index is 0.0208. The zero-order chi connectivity index (χ0) is 22.6. The van der Waals surface area contributed by atoms with Gasteiger partial charge in [-0.25, -0.2) is 19.4 Å². The smallest absolute Gasteiger partial charge is 0.368 e. The van der Waals surface area contributed by atoms with Gasteiger partial charge in [0.1, 0.15) is 12.1 Å². The van der Waals surface area contributed by atoms with Crippen LogP contribution in [-0.4, -0.2) is 38.9 Å². The first kappa shape index (κ1) is 22.3. The van der Waals surface area contributed by atoms with Gasteiger partial charge in [0, 0.05) is 30.5 Å². The molecule has 3 rings (SSSR count). The van der Waals surface area contributed by atoms with Gasteiger partial charge in [-0.3, -0.25) is 0 Å². The van der Waals surface area contributed by atoms with Crippen LogP contribution in [0.25, 0.3) is 5.82 Å². The summed E-state index contributed by atoms with van der Waals surface area (Å²) in [6.07, 6.45) is -3.22. The van der Waals surface area contributed by atoms with E-state index in [1.165, 1.54) is 12.4 Å². The number of benzene rings is 1. The number of carbonyl (C=O) groups excluding carboxylic acids is 1.